The third-order valence-electron chi connectivity index (χ3n) is 8.10. The molecule has 0 aromatic heterocycles. The highest BCUT2D eigenvalue weighted by Crippen LogP contribution is 2.57. The van der Waals surface area contributed by atoms with E-state index in [2.05, 4.69) is 13.0 Å². The first-order valence-corrected chi connectivity index (χ1v) is 11.8. The fourth-order valence-electron chi connectivity index (χ4n) is 6.54. The molecule has 176 valence electrons. The third-order valence-corrected chi connectivity index (χ3v) is 8.10. The third kappa shape index (κ3) is 2.83. The number of carbonyl (C=O) groups is 1. The van der Waals surface area contributed by atoms with E-state index in [1.165, 1.54) is 5.06 Å². The number of amides is 1. The summed E-state index contributed by atoms with van der Waals surface area (Å²) in [7, 11) is 3.17. The van der Waals surface area contributed by atoms with Crippen molar-refractivity contribution in [2.75, 3.05) is 31.6 Å². The molecule has 2 N–H and O–H groups in total. The van der Waals surface area contributed by atoms with E-state index in [-0.39, 0.29) is 29.9 Å². The fourth-order valence-corrected chi connectivity index (χ4v) is 6.54. The van der Waals surface area contributed by atoms with Gasteiger partial charge in [0.15, 0.2) is 0 Å². The van der Waals surface area contributed by atoms with Gasteiger partial charge >= 0.3 is 0 Å². The Bertz CT molecular complexity index is 1240. The summed E-state index contributed by atoms with van der Waals surface area (Å²) in [6.45, 7) is 2.74. The van der Waals surface area contributed by atoms with E-state index in [0.29, 0.717) is 24.5 Å². The number of ether oxygens (including phenoxy) is 2. The summed E-state index contributed by atoms with van der Waals surface area (Å²) in [6, 6.07) is 13.8. The molecule has 5 aliphatic rings. The van der Waals surface area contributed by atoms with Crippen molar-refractivity contribution in [2.45, 2.75) is 37.3 Å². The molecule has 0 unspecified atom stereocenters. The molecule has 3 fully saturated rings. The van der Waals surface area contributed by atoms with Crippen LogP contribution in [-0.2, 0) is 19.8 Å². The average molecular weight is 460 g/mol. The van der Waals surface area contributed by atoms with Crippen LogP contribution in [-0.4, -0.2) is 44.6 Å². The average Bonchev–Trinajstić information content (AvgIpc) is 3.21. The van der Waals surface area contributed by atoms with Crippen LogP contribution in [0.15, 0.2) is 53.0 Å². The SMILES string of the molecule is COc1cc(/C=C(\C)C2=N[C@@H]3C[C@@]4(C(=O)N(OC)c5ccccc54)[C@@H]4C[C@H]2[C@H]3CO4)ccc1N. The van der Waals surface area contributed by atoms with Gasteiger partial charge < -0.3 is 15.2 Å². The maximum absolute atomic E-state index is 13.8. The Kier molecular flexibility index (Phi) is 4.83. The monoisotopic (exact) mass is 459 g/mol. The van der Waals surface area contributed by atoms with E-state index < -0.39 is 5.41 Å². The Morgan fingerprint density at radius 1 is 1.26 bits per heavy atom. The van der Waals surface area contributed by atoms with Crippen molar-refractivity contribution < 1.29 is 19.1 Å². The lowest BCUT2D eigenvalue weighted by molar-refractivity contribution is -0.137. The highest BCUT2D eigenvalue weighted by Gasteiger charge is 2.64. The molecule has 7 nitrogen and oxygen atoms in total. The Labute approximate surface area is 199 Å². The Morgan fingerprint density at radius 2 is 2.09 bits per heavy atom. The zero-order valence-corrected chi connectivity index (χ0v) is 19.7. The number of fused-ring (bicyclic) bond motifs is 2. The minimum Gasteiger partial charge on any atom is -0.495 e. The van der Waals surface area contributed by atoms with Crippen molar-refractivity contribution in [3.05, 3.63) is 59.2 Å². The van der Waals surface area contributed by atoms with Crippen LogP contribution in [0.1, 0.15) is 30.9 Å². The predicted octanol–water partition coefficient (Wildman–Crippen LogP) is 3.77. The van der Waals surface area contributed by atoms with Gasteiger partial charge in [0, 0.05) is 17.5 Å². The second-order valence-electron chi connectivity index (χ2n) is 9.71. The smallest absolute Gasteiger partial charge is 0.264 e. The lowest BCUT2D eigenvalue weighted by Crippen LogP contribution is -2.51. The molecule has 34 heavy (non-hydrogen) atoms. The van der Waals surface area contributed by atoms with Crippen molar-refractivity contribution >= 4 is 29.1 Å². The normalized spacial score (nSPS) is 31.6. The number of carbonyl (C=O) groups excluding carboxylic acids is 1. The minimum absolute atomic E-state index is 0.0330. The summed E-state index contributed by atoms with van der Waals surface area (Å²) in [5.41, 5.74) is 11.0. The number of para-hydroxylation sites is 1. The Balaban J connectivity index is 1.39. The number of hydrogen-bond donors (Lipinski definition) is 1. The summed E-state index contributed by atoms with van der Waals surface area (Å²) in [5.74, 6) is 1.19. The van der Waals surface area contributed by atoms with Crippen LogP contribution >= 0.6 is 0 Å². The molecule has 2 aromatic carbocycles. The molecule has 5 atom stereocenters. The molecule has 1 spiro atoms. The fraction of sp³-hybridized carbons (Fsp3) is 0.407. The maximum atomic E-state index is 13.8. The molecule has 0 radical (unpaired) electrons. The standard InChI is InChI=1S/C27H29N3O4/c1-15(10-16-8-9-20(28)23(11-16)32-2)25-17-12-24-27(13-21(29-25)18(17)14-34-24)19-6-4-5-7-22(19)30(33-3)26(27)31/h4-11,17-18,21,24H,12-14,28H2,1-3H3/b15-10+/t17-,18+,21+,24-,27-/m0/s1. The number of anilines is 2. The summed E-state index contributed by atoms with van der Waals surface area (Å²) in [6.07, 6.45) is 3.35. The van der Waals surface area contributed by atoms with Crippen LogP contribution in [0, 0.1) is 11.8 Å². The first-order valence-electron chi connectivity index (χ1n) is 11.8. The van der Waals surface area contributed by atoms with Crippen molar-refractivity contribution in [1.29, 1.82) is 0 Å². The van der Waals surface area contributed by atoms with E-state index in [9.17, 15) is 4.79 Å². The van der Waals surface area contributed by atoms with Crippen molar-refractivity contribution in [1.82, 2.24) is 0 Å². The second kappa shape index (κ2) is 7.68. The van der Waals surface area contributed by atoms with Gasteiger partial charge in [0.1, 0.15) is 11.2 Å². The van der Waals surface area contributed by atoms with Crippen LogP contribution in [0.3, 0.4) is 0 Å². The minimum atomic E-state index is -0.752. The van der Waals surface area contributed by atoms with Crippen LogP contribution in [0.25, 0.3) is 6.08 Å². The van der Waals surface area contributed by atoms with E-state index in [4.69, 9.17) is 25.0 Å². The predicted molar refractivity (Wildman–Crippen MR) is 131 cm³/mol. The van der Waals surface area contributed by atoms with Crippen molar-refractivity contribution in [2.24, 2.45) is 16.8 Å². The van der Waals surface area contributed by atoms with Crippen LogP contribution in [0.4, 0.5) is 11.4 Å². The molecule has 4 heterocycles. The zero-order valence-electron chi connectivity index (χ0n) is 19.7. The number of allylic oxidation sites excluding steroid dienone is 1. The number of aliphatic imine (C=N–C) groups is 1. The highest BCUT2D eigenvalue weighted by atomic mass is 16.7. The zero-order chi connectivity index (χ0) is 23.6. The van der Waals surface area contributed by atoms with Gasteiger partial charge in [-0.25, -0.2) is 0 Å². The largest absolute Gasteiger partial charge is 0.495 e. The molecule has 2 aromatic rings. The number of nitrogens with two attached hydrogens (primary N) is 1. The summed E-state index contributed by atoms with van der Waals surface area (Å²) < 4.78 is 11.8. The van der Waals surface area contributed by atoms with Gasteiger partial charge in [-0.3, -0.25) is 14.6 Å². The van der Waals surface area contributed by atoms with Gasteiger partial charge in [-0.1, -0.05) is 30.3 Å². The number of hydrogen-bond acceptors (Lipinski definition) is 6. The molecule has 1 amide bonds. The highest BCUT2D eigenvalue weighted by molar-refractivity contribution is 6.09. The van der Waals surface area contributed by atoms with Crippen molar-refractivity contribution in [3.8, 4) is 5.75 Å². The molecular weight excluding hydrogens is 430 g/mol. The second-order valence-corrected chi connectivity index (χ2v) is 9.71. The first-order chi connectivity index (χ1) is 16.5. The molecule has 2 saturated heterocycles. The maximum Gasteiger partial charge on any atom is 0.264 e. The lowest BCUT2D eigenvalue weighted by atomic mass is 9.71. The number of methoxy groups -OCH3 is 1. The van der Waals surface area contributed by atoms with Crippen molar-refractivity contribution in [3.63, 3.8) is 0 Å². The Morgan fingerprint density at radius 3 is 2.88 bits per heavy atom. The molecule has 4 bridgehead atoms. The lowest BCUT2D eigenvalue weighted by Gasteiger charge is -2.38. The van der Waals surface area contributed by atoms with Crippen LogP contribution in [0.5, 0.6) is 5.75 Å². The van der Waals surface area contributed by atoms with Gasteiger partial charge in [-0.2, -0.15) is 5.06 Å². The van der Waals surface area contributed by atoms with E-state index in [1.54, 1.807) is 14.2 Å². The summed E-state index contributed by atoms with van der Waals surface area (Å²) in [4.78, 5) is 24.5. The molecule has 7 rings (SSSR count). The Hall–Kier alpha value is -3.16. The van der Waals surface area contributed by atoms with Gasteiger partial charge in [-0.05, 0) is 54.7 Å². The first kappa shape index (κ1) is 21.4. The van der Waals surface area contributed by atoms with Gasteiger partial charge in [0.25, 0.3) is 5.91 Å². The molecule has 7 heteroatoms. The van der Waals surface area contributed by atoms with E-state index in [1.807, 2.05) is 42.5 Å². The number of benzene rings is 2. The molecule has 4 aliphatic heterocycles. The molecule has 1 saturated carbocycles. The summed E-state index contributed by atoms with van der Waals surface area (Å²) in [5, 5.41) is 1.44. The number of nitrogen functional groups attached to an aromatic ring is 1. The number of rotatable bonds is 4. The number of hydroxylamine groups is 1. The summed E-state index contributed by atoms with van der Waals surface area (Å²) >= 11 is 0. The van der Waals surface area contributed by atoms with Crippen LogP contribution < -0.4 is 15.5 Å². The molecular formula is C27H29N3O4. The number of nitrogens with zero attached hydrogens (tertiary/aromatic N) is 2. The quantitative estimate of drug-likeness (QED) is 0.704. The van der Waals surface area contributed by atoms with Gasteiger partial charge in [0.2, 0.25) is 0 Å². The van der Waals surface area contributed by atoms with E-state index >= 15 is 0 Å². The van der Waals surface area contributed by atoms with E-state index in [0.717, 1.165) is 34.5 Å². The van der Waals surface area contributed by atoms with Gasteiger partial charge in [-0.15, -0.1) is 0 Å². The molecule has 1 aliphatic carbocycles. The topological polar surface area (TPSA) is 86.4 Å². The van der Waals surface area contributed by atoms with Gasteiger partial charge in [0.05, 0.1) is 44.3 Å². The van der Waals surface area contributed by atoms with Crippen LogP contribution in [0.2, 0.25) is 0 Å².